The number of halogens is 3. The van der Waals surface area contributed by atoms with E-state index in [4.69, 9.17) is 7.85 Å². The van der Waals surface area contributed by atoms with Crippen LogP contribution in [0.1, 0.15) is 30.5 Å². The number of hydrogen-bond acceptors (Lipinski definition) is 0. The molecule has 0 aliphatic heterocycles. The molecule has 1 rings (SSSR count). The van der Waals surface area contributed by atoms with Gasteiger partial charge in [0.15, 0.2) is 0 Å². The second-order valence-corrected chi connectivity index (χ2v) is 4.63. The average Bonchev–Trinajstić information content (AvgIpc) is 2.11. The molecule has 2 radical (unpaired) electrons. The molecule has 4 heteroatoms. The Morgan fingerprint density at radius 3 is 1.94 bits per heavy atom. The molecule has 0 aliphatic rings. The molecular weight excluding hydrogens is 212 g/mol. The van der Waals surface area contributed by atoms with Crippen molar-refractivity contribution >= 4 is 13.3 Å². The first-order chi connectivity index (χ1) is 7.07. The summed E-state index contributed by atoms with van der Waals surface area (Å²) in [5.74, 6) is 0. The summed E-state index contributed by atoms with van der Waals surface area (Å²) in [5, 5.41) is 0. The lowest BCUT2D eigenvalue weighted by Gasteiger charge is -2.29. The van der Waals surface area contributed by atoms with Crippen LogP contribution >= 0.6 is 0 Å². The minimum Gasteiger partial charge on any atom is -0.170 e. The van der Waals surface area contributed by atoms with Crippen molar-refractivity contribution in [2.75, 3.05) is 0 Å². The third-order valence-corrected chi connectivity index (χ3v) is 3.14. The van der Waals surface area contributed by atoms with Crippen molar-refractivity contribution in [1.29, 1.82) is 0 Å². The molecule has 0 fully saturated rings. The molecule has 0 amide bonds. The predicted molar refractivity (Wildman–Crippen MR) is 60.4 cm³/mol. The topological polar surface area (TPSA) is 0 Å². The first kappa shape index (κ1) is 13.1. The molecule has 0 nitrogen and oxygen atoms in total. The smallest absolute Gasteiger partial charge is 0.170 e. The van der Waals surface area contributed by atoms with Crippen LogP contribution in [0, 0.1) is 13.8 Å². The van der Waals surface area contributed by atoms with Gasteiger partial charge >= 0.3 is 6.18 Å². The first-order valence-corrected chi connectivity index (χ1v) is 5.01. The maximum atomic E-state index is 12.8. The molecule has 0 unspecified atom stereocenters. The van der Waals surface area contributed by atoms with Crippen LogP contribution in [-0.2, 0) is 5.41 Å². The molecule has 0 N–H and O–H groups in total. The van der Waals surface area contributed by atoms with E-state index in [0.717, 1.165) is 25.0 Å². The zero-order valence-corrected chi connectivity index (χ0v) is 9.87. The summed E-state index contributed by atoms with van der Waals surface area (Å²) >= 11 is 0. The number of rotatable bonds is 1. The average molecular weight is 226 g/mol. The van der Waals surface area contributed by atoms with Gasteiger partial charge in [0.1, 0.15) is 7.85 Å². The highest BCUT2D eigenvalue weighted by Crippen LogP contribution is 2.40. The third-order valence-electron chi connectivity index (χ3n) is 3.14. The Morgan fingerprint density at radius 1 is 1.06 bits per heavy atom. The van der Waals surface area contributed by atoms with E-state index in [2.05, 4.69) is 0 Å². The van der Waals surface area contributed by atoms with Gasteiger partial charge in [-0.05, 0) is 38.8 Å². The van der Waals surface area contributed by atoms with Crippen molar-refractivity contribution in [3.8, 4) is 0 Å². The van der Waals surface area contributed by atoms with Gasteiger partial charge in [0, 0.05) is 0 Å². The van der Waals surface area contributed by atoms with E-state index in [1.165, 1.54) is 6.07 Å². The minimum atomic E-state index is -4.28. The molecule has 0 aliphatic carbocycles. The van der Waals surface area contributed by atoms with Gasteiger partial charge in [0.05, 0.1) is 5.41 Å². The maximum Gasteiger partial charge on any atom is 0.397 e. The largest absolute Gasteiger partial charge is 0.397 e. The zero-order valence-electron chi connectivity index (χ0n) is 9.87. The maximum absolute atomic E-state index is 12.8. The fourth-order valence-corrected chi connectivity index (χ4v) is 1.41. The SMILES string of the molecule is [B]c1cc(C(C)(C)C(F)(F)F)cc(C)c1C. The molecule has 1 aromatic carbocycles. The van der Waals surface area contributed by atoms with Gasteiger partial charge in [-0.25, -0.2) is 0 Å². The van der Waals surface area contributed by atoms with Gasteiger partial charge in [-0.2, -0.15) is 13.2 Å². The number of hydrogen-bond donors (Lipinski definition) is 0. The van der Waals surface area contributed by atoms with E-state index in [-0.39, 0.29) is 5.56 Å². The monoisotopic (exact) mass is 226 g/mol. The summed E-state index contributed by atoms with van der Waals surface area (Å²) in [7, 11) is 5.69. The van der Waals surface area contributed by atoms with Gasteiger partial charge in [-0.3, -0.25) is 0 Å². The number of aryl methyl sites for hydroxylation is 1. The number of benzene rings is 1. The summed E-state index contributed by atoms with van der Waals surface area (Å²) in [4.78, 5) is 0. The molecule has 86 valence electrons. The molecule has 0 spiro atoms. The van der Waals surface area contributed by atoms with Crippen LogP contribution in [-0.4, -0.2) is 14.0 Å². The second kappa shape index (κ2) is 3.83. The Kier molecular flexibility index (Phi) is 3.14. The molecule has 0 atom stereocenters. The highest BCUT2D eigenvalue weighted by Gasteiger charge is 2.48. The zero-order chi connectivity index (χ0) is 12.7. The molecule has 1 aromatic rings. The predicted octanol–water partition coefficient (Wildman–Crippen LogP) is 2.94. The standard InChI is InChI=1S/C12H14BF3/c1-7-5-9(6-10(13)8(7)2)11(3,4)12(14,15)16/h5-6H,1-4H3. The molecule has 0 saturated carbocycles. The fourth-order valence-electron chi connectivity index (χ4n) is 1.41. The van der Waals surface area contributed by atoms with Crippen LogP contribution in [0.4, 0.5) is 13.2 Å². The Balaban J connectivity index is 3.35. The Bertz CT molecular complexity index is 382. The lowest BCUT2D eigenvalue weighted by Crippen LogP contribution is -2.37. The van der Waals surface area contributed by atoms with Gasteiger partial charge in [0.25, 0.3) is 0 Å². The lowest BCUT2D eigenvalue weighted by atomic mass is 9.78. The molecular formula is C12H14BF3. The van der Waals surface area contributed by atoms with Crippen molar-refractivity contribution < 1.29 is 13.2 Å². The first-order valence-electron chi connectivity index (χ1n) is 5.01. The molecule has 16 heavy (non-hydrogen) atoms. The van der Waals surface area contributed by atoms with Crippen molar-refractivity contribution in [1.82, 2.24) is 0 Å². The fraction of sp³-hybridized carbons (Fsp3) is 0.500. The summed E-state index contributed by atoms with van der Waals surface area (Å²) in [5.41, 5.74) is 0.363. The van der Waals surface area contributed by atoms with E-state index in [1.807, 2.05) is 0 Å². The highest BCUT2D eigenvalue weighted by molar-refractivity contribution is 6.33. The Hall–Kier alpha value is -0.925. The van der Waals surface area contributed by atoms with Crippen molar-refractivity contribution in [2.45, 2.75) is 39.3 Å². The van der Waals surface area contributed by atoms with E-state index < -0.39 is 11.6 Å². The Morgan fingerprint density at radius 2 is 1.56 bits per heavy atom. The van der Waals surface area contributed by atoms with Crippen LogP contribution in [0.15, 0.2) is 12.1 Å². The van der Waals surface area contributed by atoms with Gasteiger partial charge in [-0.15, -0.1) is 0 Å². The number of alkyl halides is 3. The third kappa shape index (κ3) is 2.11. The van der Waals surface area contributed by atoms with E-state index >= 15 is 0 Å². The summed E-state index contributed by atoms with van der Waals surface area (Å²) in [6, 6.07) is 2.97. The quantitative estimate of drug-likeness (QED) is 0.646. The van der Waals surface area contributed by atoms with E-state index in [1.54, 1.807) is 19.9 Å². The molecule has 0 aromatic heterocycles. The van der Waals surface area contributed by atoms with Crippen LogP contribution in [0.2, 0.25) is 0 Å². The summed E-state index contributed by atoms with van der Waals surface area (Å²) in [6.07, 6.45) is -4.28. The molecule has 0 bridgehead atoms. The molecule has 0 saturated heterocycles. The van der Waals surface area contributed by atoms with Crippen LogP contribution in [0.25, 0.3) is 0 Å². The van der Waals surface area contributed by atoms with E-state index in [9.17, 15) is 13.2 Å². The molecule has 0 heterocycles. The normalized spacial score (nSPS) is 12.9. The van der Waals surface area contributed by atoms with Crippen LogP contribution in [0.5, 0.6) is 0 Å². The van der Waals surface area contributed by atoms with Gasteiger partial charge < -0.3 is 0 Å². The van der Waals surface area contributed by atoms with Crippen molar-refractivity contribution in [2.24, 2.45) is 0 Å². The highest BCUT2D eigenvalue weighted by atomic mass is 19.4. The van der Waals surface area contributed by atoms with E-state index in [0.29, 0.717) is 5.46 Å². The van der Waals surface area contributed by atoms with Crippen molar-refractivity contribution in [3.63, 3.8) is 0 Å². The summed E-state index contributed by atoms with van der Waals surface area (Å²) in [6.45, 7) is 5.89. The summed E-state index contributed by atoms with van der Waals surface area (Å²) < 4.78 is 38.5. The van der Waals surface area contributed by atoms with Crippen LogP contribution in [0.3, 0.4) is 0 Å². The van der Waals surface area contributed by atoms with Crippen LogP contribution < -0.4 is 5.46 Å². The minimum absolute atomic E-state index is 0.209. The lowest BCUT2D eigenvalue weighted by molar-refractivity contribution is -0.180. The van der Waals surface area contributed by atoms with Gasteiger partial charge in [-0.1, -0.05) is 23.2 Å². The Labute approximate surface area is 95.3 Å². The second-order valence-electron chi connectivity index (χ2n) is 4.63. The van der Waals surface area contributed by atoms with Gasteiger partial charge in [0.2, 0.25) is 0 Å². The van der Waals surface area contributed by atoms with Crippen molar-refractivity contribution in [3.05, 3.63) is 28.8 Å².